The molecule has 0 aliphatic rings. The van der Waals surface area contributed by atoms with Crippen LogP contribution in [0.25, 0.3) is 33.6 Å². The van der Waals surface area contributed by atoms with Crippen LogP contribution in [0.3, 0.4) is 0 Å². The van der Waals surface area contributed by atoms with Gasteiger partial charge in [-0.25, -0.2) is 19.3 Å². The summed E-state index contributed by atoms with van der Waals surface area (Å²) in [5, 5.41) is 4.10. The summed E-state index contributed by atoms with van der Waals surface area (Å²) in [6.45, 7) is 9.31. The van der Waals surface area contributed by atoms with E-state index in [1.54, 1.807) is 13.2 Å². The smallest absolute Gasteiger partial charge is 0.230 e. The third kappa shape index (κ3) is 4.79. The van der Waals surface area contributed by atoms with E-state index in [-0.39, 0.29) is 5.82 Å². The van der Waals surface area contributed by atoms with Gasteiger partial charge in [0.2, 0.25) is 5.89 Å². The molecule has 38 heavy (non-hydrogen) atoms. The number of anilines is 1. The highest BCUT2D eigenvalue weighted by atomic mass is 19.1. The number of benzene rings is 2. The van der Waals surface area contributed by atoms with Gasteiger partial charge in [-0.05, 0) is 58.0 Å². The van der Waals surface area contributed by atoms with E-state index in [4.69, 9.17) is 13.9 Å². The van der Waals surface area contributed by atoms with Gasteiger partial charge >= 0.3 is 0 Å². The van der Waals surface area contributed by atoms with E-state index in [2.05, 4.69) is 20.3 Å². The molecule has 196 valence electrons. The summed E-state index contributed by atoms with van der Waals surface area (Å²) >= 11 is 0. The fourth-order valence-electron chi connectivity index (χ4n) is 4.53. The number of rotatable bonds is 9. The van der Waals surface area contributed by atoms with E-state index in [0.29, 0.717) is 48.4 Å². The lowest BCUT2D eigenvalue weighted by molar-refractivity contribution is 0.340. The number of hydrogen-bond acceptors (Lipinski definition) is 7. The molecule has 1 N–H and O–H groups in total. The number of aromatic nitrogens is 4. The molecule has 0 aliphatic carbocycles. The van der Waals surface area contributed by atoms with Crippen LogP contribution in [0.4, 0.5) is 10.2 Å². The topological polar surface area (TPSA) is 87.2 Å². The summed E-state index contributed by atoms with van der Waals surface area (Å²) < 4.78 is 33.8. The first-order valence-electron chi connectivity index (χ1n) is 12.5. The molecule has 0 fully saturated rings. The highest BCUT2D eigenvalue weighted by molar-refractivity contribution is 5.88. The van der Waals surface area contributed by atoms with Crippen LogP contribution in [0.2, 0.25) is 0 Å². The predicted octanol–water partition coefficient (Wildman–Crippen LogP) is 6.34. The summed E-state index contributed by atoms with van der Waals surface area (Å²) in [5.74, 6) is 3.03. The Morgan fingerprint density at radius 2 is 1.87 bits per heavy atom. The quantitative estimate of drug-likeness (QED) is 0.245. The summed E-state index contributed by atoms with van der Waals surface area (Å²) in [6.07, 6.45) is 1.52. The largest absolute Gasteiger partial charge is 0.496 e. The van der Waals surface area contributed by atoms with Crippen LogP contribution in [-0.4, -0.2) is 39.8 Å². The van der Waals surface area contributed by atoms with Crippen LogP contribution < -0.4 is 14.8 Å². The highest BCUT2D eigenvalue weighted by Gasteiger charge is 2.16. The maximum atomic E-state index is 14.7. The Bertz CT molecular complexity index is 1590. The molecule has 0 bridgehead atoms. The molecule has 0 atom stereocenters. The van der Waals surface area contributed by atoms with Crippen molar-refractivity contribution in [1.82, 2.24) is 19.5 Å². The Labute approximate surface area is 220 Å². The second-order valence-corrected chi connectivity index (χ2v) is 8.97. The molecule has 5 rings (SSSR count). The van der Waals surface area contributed by atoms with E-state index in [1.165, 1.54) is 12.4 Å². The summed E-state index contributed by atoms with van der Waals surface area (Å²) in [6, 6.07) is 12.7. The third-order valence-electron chi connectivity index (χ3n) is 6.54. The molecular formula is C29H30FN5O3. The number of oxazole rings is 1. The lowest BCUT2D eigenvalue weighted by Crippen LogP contribution is -2.13. The maximum absolute atomic E-state index is 14.7. The first-order valence-corrected chi connectivity index (χ1v) is 12.5. The monoisotopic (exact) mass is 515 g/mol. The first kappa shape index (κ1) is 25.3. The zero-order valence-corrected chi connectivity index (χ0v) is 22.1. The Morgan fingerprint density at radius 1 is 1.03 bits per heavy atom. The van der Waals surface area contributed by atoms with Crippen molar-refractivity contribution in [2.24, 2.45) is 0 Å². The van der Waals surface area contributed by atoms with Gasteiger partial charge in [0.1, 0.15) is 35.2 Å². The van der Waals surface area contributed by atoms with Gasteiger partial charge in [0.05, 0.1) is 36.2 Å². The number of aryl methyl sites for hydroxylation is 3. The SMILES string of the molecule is CCOc1cc(-c2cc(NCCn3c(C)cc4c(OC)ccc(F)c43)ncn2)ccc1-c1nc(C)c(C)o1. The zero-order valence-electron chi connectivity index (χ0n) is 22.1. The minimum Gasteiger partial charge on any atom is -0.496 e. The Hall–Kier alpha value is -4.40. The number of nitrogens with one attached hydrogen (secondary N) is 1. The van der Waals surface area contributed by atoms with Gasteiger partial charge < -0.3 is 23.8 Å². The molecule has 0 unspecified atom stereocenters. The fraction of sp³-hybridized carbons (Fsp3) is 0.276. The summed E-state index contributed by atoms with van der Waals surface area (Å²) in [5.41, 5.74) is 4.75. The van der Waals surface area contributed by atoms with Crippen molar-refractivity contribution < 1.29 is 18.3 Å². The van der Waals surface area contributed by atoms with Crippen LogP contribution in [0.5, 0.6) is 11.5 Å². The molecule has 0 saturated heterocycles. The Balaban J connectivity index is 1.36. The molecule has 0 spiro atoms. The molecule has 9 heteroatoms. The Morgan fingerprint density at radius 3 is 2.61 bits per heavy atom. The van der Waals surface area contributed by atoms with Crippen LogP contribution >= 0.6 is 0 Å². The minimum atomic E-state index is -0.276. The fourth-order valence-corrected chi connectivity index (χ4v) is 4.53. The van der Waals surface area contributed by atoms with Crippen LogP contribution in [-0.2, 0) is 6.54 Å². The molecule has 0 radical (unpaired) electrons. The second-order valence-electron chi connectivity index (χ2n) is 8.97. The summed E-state index contributed by atoms with van der Waals surface area (Å²) in [7, 11) is 1.59. The van der Waals surface area contributed by atoms with Crippen molar-refractivity contribution >= 4 is 16.7 Å². The molecule has 2 aromatic carbocycles. The number of fused-ring (bicyclic) bond motifs is 1. The third-order valence-corrected chi connectivity index (χ3v) is 6.54. The van der Waals surface area contributed by atoms with Gasteiger partial charge in [-0.15, -0.1) is 0 Å². The highest BCUT2D eigenvalue weighted by Crippen LogP contribution is 2.35. The number of ether oxygens (including phenoxy) is 2. The van der Waals surface area contributed by atoms with E-state index in [1.807, 2.05) is 62.6 Å². The van der Waals surface area contributed by atoms with Crippen molar-refractivity contribution in [2.75, 3.05) is 25.6 Å². The van der Waals surface area contributed by atoms with E-state index in [9.17, 15) is 4.39 Å². The van der Waals surface area contributed by atoms with E-state index in [0.717, 1.165) is 39.4 Å². The van der Waals surface area contributed by atoms with Crippen LogP contribution in [0, 0.1) is 26.6 Å². The number of methoxy groups -OCH3 is 1. The molecule has 0 aliphatic heterocycles. The Kier molecular flexibility index (Phi) is 7.00. The predicted molar refractivity (Wildman–Crippen MR) is 145 cm³/mol. The normalized spacial score (nSPS) is 11.2. The molecule has 3 aromatic heterocycles. The molecule has 8 nitrogen and oxygen atoms in total. The zero-order chi connectivity index (χ0) is 26.8. The van der Waals surface area contributed by atoms with Gasteiger partial charge in [-0.3, -0.25) is 0 Å². The van der Waals surface area contributed by atoms with Crippen LogP contribution in [0.1, 0.15) is 24.1 Å². The van der Waals surface area contributed by atoms with Crippen LogP contribution in [0.15, 0.2) is 53.2 Å². The van der Waals surface area contributed by atoms with Crippen molar-refractivity contribution in [3.05, 3.63) is 71.8 Å². The van der Waals surface area contributed by atoms with Crippen molar-refractivity contribution in [1.29, 1.82) is 0 Å². The first-order chi connectivity index (χ1) is 18.4. The molecular weight excluding hydrogens is 485 g/mol. The van der Waals surface area contributed by atoms with E-state index >= 15 is 0 Å². The van der Waals surface area contributed by atoms with Gasteiger partial charge in [-0.2, -0.15) is 0 Å². The van der Waals surface area contributed by atoms with Crippen molar-refractivity contribution in [3.8, 4) is 34.2 Å². The lowest BCUT2D eigenvalue weighted by Gasteiger charge is -2.12. The molecule has 5 aromatic rings. The van der Waals surface area contributed by atoms with Crippen molar-refractivity contribution in [2.45, 2.75) is 34.2 Å². The van der Waals surface area contributed by atoms with E-state index < -0.39 is 0 Å². The number of halogens is 1. The average molecular weight is 516 g/mol. The van der Waals surface area contributed by atoms with Gasteiger partial charge in [0.15, 0.2) is 0 Å². The van der Waals surface area contributed by atoms with Crippen molar-refractivity contribution in [3.63, 3.8) is 0 Å². The lowest BCUT2D eigenvalue weighted by atomic mass is 10.1. The minimum absolute atomic E-state index is 0.276. The number of nitrogens with zero attached hydrogens (tertiary/aromatic N) is 4. The number of hydrogen-bond donors (Lipinski definition) is 1. The average Bonchev–Trinajstić information content (AvgIpc) is 3.43. The van der Waals surface area contributed by atoms with Gasteiger partial charge in [0, 0.05) is 35.8 Å². The standard InChI is InChI=1S/C29H30FN5O3/c1-6-37-26-14-20(7-8-21(26)29-34-18(3)19(4)38-29)24-15-27(33-16-32-24)31-11-12-35-17(2)13-22-25(36-5)10-9-23(30)28(22)35/h7-10,13-16H,6,11-12H2,1-5H3,(H,31,32,33). The maximum Gasteiger partial charge on any atom is 0.230 e. The molecule has 0 saturated carbocycles. The summed E-state index contributed by atoms with van der Waals surface area (Å²) in [4.78, 5) is 13.3. The second kappa shape index (κ2) is 10.5. The molecule has 0 amide bonds. The van der Waals surface area contributed by atoms with Gasteiger partial charge in [0.25, 0.3) is 0 Å². The molecule has 3 heterocycles. The van der Waals surface area contributed by atoms with Gasteiger partial charge in [-0.1, -0.05) is 6.07 Å².